The largest absolute Gasteiger partial charge is 0.390 e. The molecule has 1 N–H and O–H groups in total. The minimum Gasteiger partial charge on any atom is -0.390 e. The first-order valence-electron chi connectivity index (χ1n) is 4.42. The average Bonchev–Trinajstić information content (AvgIpc) is 2.61. The van der Waals surface area contributed by atoms with E-state index in [4.69, 9.17) is 0 Å². The molecular formula is C9H19NO. The standard InChI is InChI=1S/C9H19NO/c1-9(2,11)6-7-10(3)8-4-5-8/h8,11H,4-7H2,1-3H3. The van der Waals surface area contributed by atoms with E-state index in [0.717, 1.165) is 19.0 Å². The van der Waals surface area contributed by atoms with E-state index in [1.54, 1.807) is 0 Å². The third-order valence-electron chi connectivity index (χ3n) is 2.25. The lowest BCUT2D eigenvalue weighted by Gasteiger charge is -2.22. The van der Waals surface area contributed by atoms with Crippen molar-refractivity contribution < 1.29 is 5.11 Å². The van der Waals surface area contributed by atoms with Crippen molar-refractivity contribution >= 4 is 0 Å². The second-order valence-corrected chi connectivity index (χ2v) is 4.27. The Bertz CT molecular complexity index is 124. The van der Waals surface area contributed by atoms with Gasteiger partial charge in [-0.3, -0.25) is 0 Å². The molecule has 0 aliphatic heterocycles. The molecule has 66 valence electrons. The molecule has 1 aliphatic rings. The van der Waals surface area contributed by atoms with Gasteiger partial charge in [-0.2, -0.15) is 0 Å². The molecule has 1 fully saturated rings. The van der Waals surface area contributed by atoms with Gasteiger partial charge in [0.15, 0.2) is 0 Å². The van der Waals surface area contributed by atoms with Gasteiger partial charge >= 0.3 is 0 Å². The molecule has 0 radical (unpaired) electrons. The average molecular weight is 157 g/mol. The number of hydrogen-bond donors (Lipinski definition) is 1. The fourth-order valence-electron chi connectivity index (χ4n) is 1.15. The van der Waals surface area contributed by atoms with Crippen LogP contribution in [0.25, 0.3) is 0 Å². The number of rotatable bonds is 4. The van der Waals surface area contributed by atoms with Crippen molar-refractivity contribution in [2.24, 2.45) is 0 Å². The number of aliphatic hydroxyl groups is 1. The maximum absolute atomic E-state index is 9.44. The van der Waals surface area contributed by atoms with Crippen LogP contribution in [0.2, 0.25) is 0 Å². The fourth-order valence-corrected chi connectivity index (χ4v) is 1.15. The van der Waals surface area contributed by atoms with E-state index >= 15 is 0 Å². The van der Waals surface area contributed by atoms with Crippen molar-refractivity contribution in [3.63, 3.8) is 0 Å². The molecule has 0 unspecified atom stereocenters. The van der Waals surface area contributed by atoms with Crippen LogP contribution in [0.4, 0.5) is 0 Å². The van der Waals surface area contributed by atoms with Gasteiger partial charge in [0.05, 0.1) is 5.60 Å². The zero-order chi connectivity index (χ0) is 8.48. The van der Waals surface area contributed by atoms with Crippen LogP contribution in [-0.2, 0) is 0 Å². The lowest BCUT2D eigenvalue weighted by atomic mass is 10.1. The molecule has 11 heavy (non-hydrogen) atoms. The van der Waals surface area contributed by atoms with Gasteiger partial charge in [-0.05, 0) is 40.2 Å². The summed E-state index contributed by atoms with van der Waals surface area (Å²) < 4.78 is 0. The molecule has 1 saturated carbocycles. The summed E-state index contributed by atoms with van der Waals surface area (Å²) in [5, 5.41) is 9.44. The van der Waals surface area contributed by atoms with Crippen LogP contribution in [0, 0.1) is 0 Å². The topological polar surface area (TPSA) is 23.5 Å². The molecule has 1 aliphatic carbocycles. The third kappa shape index (κ3) is 3.73. The Morgan fingerprint density at radius 2 is 2.00 bits per heavy atom. The molecular weight excluding hydrogens is 138 g/mol. The summed E-state index contributed by atoms with van der Waals surface area (Å²) in [6.45, 7) is 4.76. The van der Waals surface area contributed by atoms with E-state index in [9.17, 15) is 5.11 Å². The summed E-state index contributed by atoms with van der Waals surface area (Å²) in [6, 6.07) is 0.817. The SMILES string of the molecule is CN(CCC(C)(C)O)C1CC1. The van der Waals surface area contributed by atoms with E-state index < -0.39 is 5.60 Å². The fraction of sp³-hybridized carbons (Fsp3) is 1.00. The summed E-state index contributed by atoms with van der Waals surface area (Å²) in [5.41, 5.74) is -0.497. The van der Waals surface area contributed by atoms with E-state index in [1.165, 1.54) is 12.8 Å². The van der Waals surface area contributed by atoms with Crippen LogP contribution in [-0.4, -0.2) is 35.2 Å². The first-order chi connectivity index (χ1) is 4.99. The highest BCUT2D eigenvalue weighted by Crippen LogP contribution is 2.25. The summed E-state index contributed by atoms with van der Waals surface area (Å²) in [6.07, 6.45) is 3.57. The molecule has 2 heteroatoms. The van der Waals surface area contributed by atoms with Gasteiger partial charge in [-0.15, -0.1) is 0 Å². The molecule has 0 heterocycles. The molecule has 0 aromatic heterocycles. The first-order valence-corrected chi connectivity index (χ1v) is 4.42. The van der Waals surface area contributed by atoms with E-state index in [1.807, 2.05) is 13.8 Å². The highest BCUT2D eigenvalue weighted by atomic mass is 16.3. The summed E-state index contributed by atoms with van der Waals surface area (Å²) in [7, 11) is 2.14. The van der Waals surface area contributed by atoms with Gasteiger partial charge in [0.25, 0.3) is 0 Å². The van der Waals surface area contributed by atoms with Gasteiger partial charge in [0, 0.05) is 12.6 Å². The van der Waals surface area contributed by atoms with Gasteiger partial charge < -0.3 is 10.0 Å². The van der Waals surface area contributed by atoms with E-state index in [0.29, 0.717) is 0 Å². The molecule has 0 saturated heterocycles. The van der Waals surface area contributed by atoms with Crippen molar-refractivity contribution in [2.75, 3.05) is 13.6 Å². The molecule has 2 nitrogen and oxygen atoms in total. The van der Waals surface area contributed by atoms with E-state index in [-0.39, 0.29) is 0 Å². The molecule has 1 rings (SSSR count). The minimum atomic E-state index is -0.497. The van der Waals surface area contributed by atoms with Crippen molar-refractivity contribution in [3.05, 3.63) is 0 Å². The molecule has 0 spiro atoms. The summed E-state index contributed by atoms with van der Waals surface area (Å²) in [5.74, 6) is 0. The lowest BCUT2D eigenvalue weighted by molar-refractivity contribution is 0.0599. The zero-order valence-corrected chi connectivity index (χ0v) is 7.80. The minimum absolute atomic E-state index is 0.497. The molecule has 0 amide bonds. The predicted molar refractivity (Wildman–Crippen MR) is 46.6 cm³/mol. The zero-order valence-electron chi connectivity index (χ0n) is 7.80. The Hall–Kier alpha value is -0.0800. The van der Waals surface area contributed by atoms with Crippen LogP contribution >= 0.6 is 0 Å². The van der Waals surface area contributed by atoms with Crippen LogP contribution in [0.15, 0.2) is 0 Å². The van der Waals surface area contributed by atoms with Gasteiger partial charge in [-0.1, -0.05) is 0 Å². The van der Waals surface area contributed by atoms with Gasteiger partial charge in [0.1, 0.15) is 0 Å². The van der Waals surface area contributed by atoms with Crippen molar-refractivity contribution in [3.8, 4) is 0 Å². The van der Waals surface area contributed by atoms with Gasteiger partial charge in [-0.25, -0.2) is 0 Å². The summed E-state index contributed by atoms with van der Waals surface area (Å²) >= 11 is 0. The predicted octanol–water partition coefficient (Wildman–Crippen LogP) is 1.24. The maximum Gasteiger partial charge on any atom is 0.0603 e. The van der Waals surface area contributed by atoms with Crippen LogP contribution in [0.1, 0.15) is 33.1 Å². The van der Waals surface area contributed by atoms with Crippen LogP contribution in [0.5, 0.6) is 0 Å². The lowest BCUT2D eigenvalue weighted by Crippen LogP contribution is -2.29. The van der Waals surface area contributed by atoms with Crippen LogP contribution < -0.4 is 0 Å². The van der Waals surface area contributed by atoms with Crippen molar-refractivity contribution in [1.82, 2.24) is 4.90 Å². The smallest absolute Gasteiger partial charge is 0.0603 e. The Balaban J connectivity index is 2.10. The highest BCUT2D eigenvalue weighted by Gasteiger charge is 2.26. The Labute approximate surface area is 69.2 Å². The third-order valence-corrected chi connectivity index (χ3v) is 2.25. The second-order valence-electron chi connectivity index (χ2n) is 4.27. The quantitative estimate of drug-likeness (QED) is 0.663. The first kappa shape index (κ1) is 9.01. The number of hydrogen-bond acceptors (Lipinski definition) is 2. The van der Waals surface area contributed by atoms with E-state index in [2.05, 4.69) is 11.9 Å². The maximum atomic E-state index is 9.44. The highest BCUT2D eigenvalue weighted by molar-refractivity contribution is 4.83. The normalized spacial score (nSPS) is 19.4. The van der Waals surface area contributed by atoms with Crippen LogP contribution in [0.3, 0.4) is 0 Å². The molecule has 0 aromatic rings. The Kier molecular flexibility index (Phi) is 2.55. The molecule has 0 bridgehead atoms. The van der Waals surface area contributed by atoms with Gasteiger partial charge in [0.2, 0.25) is 0 Å². The second kappa shape index (κ2) is 3.11. The molecule has 0 atom stereocenters. The summed E-state index contributed by atoms with van der Waals surface area (Å²) in [4.78, 5) is 2.35. The number of nitrogens with zero attached hydrogens (tertiary/aromatic N) is 1. The monoisotopic (exact) mass is 157 g/mol. The van der Waals surface area contributed by atoms with Crippen molar-refractivity contribution in [1.29, 1.82) is 0 Å². The molecule has 0 aromatic carbocycles. The Morgan fingerprint density at radius 3 is 2.36 bits per heavy atom. The Morgan fingerprint density at radius 1 is 1.45 bits per heavy atom. The van der Waals surface area contributed by atoms with Crippen molar-refractivity contribution in [2.45, 2.75) is 44.8 Å².